The molecule has 0 saturated carbocycles. The van der Waals surface area contributed by atoms with Crippen molar-refractivity contribution in [2.45, 2.75) is 33.1 Å². The zero-order valence-electron chi connectivity index (χ0n) is 11.1. The lowest BCUT2D eigenvalue weighted by atomic mass is 9.94. The van der Waals surface area contributed by atoms with E-state index < -0.39 is 0 Å². The van der Waals surface area contributed by atoms with Crippen LogP contribution in [0.4, 0.5) is 0 Å². The molecule has 0 aromatic rings. The van der Waals surface area contributed by atoms with E-state index in [1.807, 2.05) is 0 Å². The maximum atomic E-state index is 11.6. The lowest BCUT2D eigenvalue weighted by Crippen LogP contribution is -2.32. The predicted octanol–water partition coefficient (Wildman–Crippen LogP) is 0.250. The Morgan fingerprint density at radius 3 is 2.35 bits per heavy atom. The fourth-order valence-electron chi connectivity index (χ4n) is 1.70. The molecule has 100 valence electrons. The van der Waals surface area contributed by atoms with Crippen molar-refractivity contribution < 1.29 is 9.59 Å². The van der Waals surface area contributed by atoms with Crippen molar-refractivity contribution in [3.05, 3.63) is 0 Å². The molecule has 0 aliphatic heterocycles. The maximum absolute atomic E-state index is 11.6. The molecule has 0 radical (unpaired) electrons. The number of hydrogen-bond donors (Lipinski definition) is 3. The molecule has 2 amide bonds. The van der Waals surface area contributed by atoms with Crippen molar-refractivity contribution in [3.8, 4) is 0 Å². The van der Waals surface area contributed by atoms with Gasteiger partial charge in [-0.05, 0) is 24.8 Å². The summed E-state index contributed by atoms with van der Waals surface area (Å²) in [6, 6.07) is 0. The molecule has 0 aliphatic rings. The van der Waals surface area contributed by atoms with E-state index in [1.54, 1.807) is 7.05 Å². The van der Waals surface area contributed by atoms with E-state index in [4.69, 9.17) is 5.73 Å². The fourth-order valence-corrected chi connectivity index (χ4v) is 1.70. The zero-order chi connectivity index (χ0) is 13.3. The Balaban J connectivity index is 3.79. The molecule has 0 heterocycles. The highest BCUT2D eigenvalue weighted by Crippen LogP contribution is 2.13. The largest absolute Gasteiger partial charge is 0.359 e. The molecule has 4 N–H and O–H groups in total. The van der Waals surface area contributed by atoms with Gasteiger partial charge in [0.05, 0.1) is 0 Å². The van der Waals surface area contributed by atoms with Gasteiger partial charge in [0, 0.05) is 26.4 Å². The van der Waals surface area contributed by atoms with E-state index in [0.717, 1.165) is 6.42 Å². The van der Waals surface area contributed by atoms with Crippen LogP contribution < -0.4 is 16.4 Å². The minimum atomic E-state index is -0.0668. The summed E-state index contributed by atoms with van der Waals surface area (Å²) in [5.41, 5.74) is 5.62. The van der Waals surface area contributed by atoms with Crippen LogP contribution in [-0.2, 0) is 9.59 Å². The van der Waals surface area contributed by atoms with Gasteiger partial charge < -0.3 is 16.4 Å². The third-order valence-electron chi connectivity index (χ3n) is 2.57. The molecule has 5 nitrogen and oxygen atoms in total. The second kappa shape index (κ2) is 8.98. The number of carbonyl (C=O) groups is 2. The van der Waals surface area contributed by atoms with Crippen molar-refractivity contribution in [2.75, 3.05) is 20.1 Å². The summed E-state index contributed by atoms with van der Waals surface area (Å²) in [5, 5.41) is 5.24. The van der Waals surface area contributed by atoms with Gasteiger partial charge in [0.2, 0.25) is 11.8 Å². The quantitative estimate of drug-likeness (QED) is 0.571. The normalized spacial score (nSPS) is 12.3. The minimum absolute atomic E-state index is 0.0231. The molecule has 0 aromatic heterocycles. The Bertz CT molecular complexity index is 242. The van der Waals surface area contributed by atoms with Crippen LogP contribution in [0.1, 0.15) is 33.1 Å². The van der Waals surface area contributed by atoms with Crippen molar-refractivity contribution in [1.82, 2.24) is 10.6 Å². The molecule has 0 fully saturated rings. The monoisotopic (exact) mass is 243 g/mol. The van der Waals surface area contributed by atoms with Crippen molar-refractivity contribution in [2.24, 2.45) is 17.6 Å². The fraction of sp³-hybridized carbons (Fsp3) is 0.833. The maximum Gasteiger partial charge on any atom is 0.221 e. The van der Waals surface area contributed by atoms with Crippen LogP contribution in [0.15, 0.2) is 0 Å². The lowest BCUT2D eigenvalue weighted by molar-refractivity contribution is -0.122. The van der Waals surface area contributed by atoms with Crippen LogP contribution in [0, 0.1) is 11.8 Å². The van der Waals surface area contributed by atoms with Crippen LogP contribution >= 0.6 is 0 Å². The average Bonchev–Trinajstić information content (AvgIpc) is 2.27. The van der Waals surface area contributed by atoms with E-state index in [9.17, 15) is 9.59 Å². The highest BCUT2D eigenvalue weighted by Gasteiger charge is 2.13. The van der Waals surface area contributed by atoms with Gasteiger partial charge in [-0.2, -0.15) is 0 Å². The van der Waals surface area contributed by atoms with Crippen LogP contribution in [0.3, 0.4) is 0 Å². The van der Waals surface area contributed by atoms with Crippen molar-refractivity contribution >= 4 is 11.8 Å². The number of rotatable bonds is 8. The molecule has 0 saturated heterocycles. The number of carbonyl (C=O) groups excluding carboxylic acids is 2. The van der Waals surface area contributed by atoms with E-state index in [1.165, 1.54) is 0 Å². The van der Waals surface area contributed by atoms with Crippen LogP contribution in [0.2, 0.25) is 0 Å². The second-order valence-electron chi connectivity index (χ2n) is 4.71. The van der Waals surface area contributed by atoms with Gasteiger partial charge in [0.25, 0.3) is 0 Å². The van der Waals surface area contributed by atoms with E-state index in [-0.39, 0.29) is 17.7 Å². The van der Waals surface area contributed by atoms with Gasteiger partial charge in [-0.25, -0.2) is 0 Å². The summed E-state index contributed by atoms with van der Waals surface area (Å²) in [7, 11) is 1.58. The molecule has 5 heteroatoms. The van der Waals surface area contributed by atoms with Crippen LogP contribution in [0.25, 0.3) is 0 Å². The first-order valence-electron chi connectivity index (χ1n) is 6.16. The van der Waals surface area contributed by atoms with Gasteiger partial charge in [-0.15, -0.1) is 0 Å². The molecule has 0 spiro atoms. The van der Waals surface area contributed by atoms with Crippen molar-refractivity contribution in [3.63, 3.8) is 0 Å². The van der Waals surface area contributed by atoms with E-state index in [2.05, 4.69) is 24.5 Å². The second-order valence-corrected chi connectivity index (χ2v) is 4.71. The molecule has 17 heavy (non-hydrogen) atoms. The lowest BCUT2D eigenvalue weighted by Gasteiger charge is -2.16. The summed E-state index contributed by atoms with van der Waals surface area (Å²) >= 11 is 0. The standard InChI is InChI=1S/C12H25N3O2/c1-9(2)6-10(8-13)7-12(17)15-5-4-11(16)14-3/h9-10H,4-8,13H2,1-3H3,(H,14,16)(H,15,17). The topological polar surface area (TPSA) is 84.2 Å². The van der Waals surface area contributed by atoms with Gasteiger partial charge in [-0.3, -0.25) is 9.59 Å². The number of amides is 2. The van der Waals surface area contributed by atoms with Crippen LogP contribution in [-0.4, -0.2) is 32.0 Å². The summed E-state index contributed by atoms with van der Waals surface area (Å²) in [6.45, 7) is 5.15. The summed E-state index contributed by atoms with van der Waals surface area (Å²) in [5.74, 6) is 0.685. The third-order valence-corrected chi connectivity index (χ3v) is 2.57. The van der Waals surface area contributed by atoms with E-state index >= 15 is 0 Å². The highest BCUT2D eigenvalue weighted by atomic mass is 16.2. The first-order chi connectivity index (χ1) is 7.99. The Hall–Kier alpha value is -1.10. The van der Waals surface area contributed by atoms with Crippen LogP contribution in [0.5, 0.6) is 0 Å². The third kappa shape index (κ3) is 8.68. The van der Waals surface area contributed by atoms with Gasteiger partial charge >= 0.3 is 0 Å². The molecule has 0 rings (SSSR count). The Morgan fingerprint density at radius 1 is 1.24 bits per heavy atom. The molecular weight excluding hydrogens is 218 g/mol. The molecule has 1 unspecified atom stereocenters. The van der Waals surface area contributed by atoms with Gasteiger partial charge in [0.15, 0.2) is 0 Å². The summed E-state index contributed by atoms with van der Waals surface area (Å²) in [4.78, 5) is 22.5. The first kappa shape index (κ1) is 15.9. The zero-order valence-corrected chi connectivity index (χ0v) is 11.1. The average molecular weight is 243 g/mol. The van der Waals surface area contributed by atoms with Gasteiger partial charge in [0.1, 0.15) is 0 Å². The number of nitrogens with one attached hydrogen (secondary N) is 2. The molecule has 1 atom stereocenters. The Labute approximate surface area is 104 Å². The predicted molar refractivity (Wildman–Crippen MR) is 68.3 cm³/mol. The van der Waals surface area contributed by atoms with Crippen molar-refractivity contribution in [1.29, 1.82) is 0 Å². The molecule has 0 aromatic carbocycles. The molecule has 0 aliphatic carbocycles. The SMILES string of the molecule is CNC(=O)CCNC(=O)CC(CN)CC(C)C. The minimum Gasteiger partial charge on any atom is -0.359 e. The highest BCUT2D eigenvalue weighted by molar-refractivity contribution is 5.78. The Morgan fingerprint density at radius 2 is 1.88 bits per heavy atom. The van der Waals surface area contributed by atoms with E-state index in [0.29, 0.717) is 31.8 Å². The van der Waals surface area contributed by atoms with Gasteiger partial charge in [-0.1, -0.05) is 13.8 Å². The molecule has 0 bridgehead atoms. The summed E-state index contributed by atoms with van der Waals surface area (Å²) < 4.78 is 0. The molecular formula is C12H25N3O2. The Kier molecular flexibility index (Phi) is 8.40. The summed E-state index contributed by atoms with van der Waals surface area (Å²) in [6.07, 6.45) is 1.72. The number of nitrogens with two attached hydrogens (primary N) is 1. The smallest absolute Gasteiger partial charge is 0.221 e. The number of hydrogen-bond acceptors (Lipinski definition) is 3. The first-order valence-corrected chi connectivity index (χ1v) is 6.16.